The normalized spacial score (nSPS) is 16.8. The molecule has 5 nitrogen and oxygen atoms in total. The first-order valence-electron chi connectivity index (χ1n) is 12.0. The van der Waals surface area contributed by atoms with Crippen LogP contribution in [0.1, 0.15) is 51.4 Å². The molecule has 1 aromatic heterocycles. The van der Waals surface area contributed by atoms with Crippen LogP contribution in [0.2, 0.25) is 0 Å². The minimum Gasteiger partial charge on any atom is -0.493 e. The quantitative estimate of drug-likeness (QED) is 0.363. The smallest absolute Gasteiger partial charge is 0.162 e. The number of benzene rings is 2. The average Bonchev–Trinajstić information content (AvgIpc) is 3.62. The van der Waals surface area contributed by atoms with Crippen LogP contribution in [0.5, 0.6) is 23.0 Å². The summed E-state index contributed by atoms with van der Waals surface area (Å²) in [4.78, 5) is 0. The SMILES string of the molecule is COc1ccc(-c2ccc(-c3ccc(OC)c(OC4CCCC4)c3)o2)cc1OC1CCCC1. The Kier molecular flexibility index (Phi) is 6.47. The van der Waals surface area contributed by atoms with E-state index in [1.165, 1.54) is 25.7 Å². The zero-order valence-corrected chi connectivity index (χ0v) is 19.5. The first-order valence-corrected chi connectivity index (χ1v) is 12.0. The van der Waals surface area contributed by atoms with Gasteiger partial charge in [-0.2, -0.15) is 0 Å². The van der Waals surface area contributed by atoms with Gasteiger partial charge in [0.25, 0.3) is 0 Å². The van der Waals surface area contributed by atoms with Crippen LogP contribution in [0.3, 0.4) is 0 Å². The fourth-order valence-corrected chi connectivity index (χ4v) is 4.86. The molecule has 0 bridgehead atoms. The molecule has 2 aliphatic rings. The highest BCUT2D eigenvalue weighted by Gasteiger charge is 2.21. The van der Waals surface area contributed by atoms with Gasteiger partial charge in [0.15, 0.2) is 23.0 Å². The van der Waals surface area contributed by atoms with Crippen molar-refractivity contribution in [3.8, 4) is 45.6 Å². The van der Waals surface area contributed by atoms with E-state index >= 15 is 0 Å². The lowest BCUT2D eigenvalue weighted by atomic mass is 10.1. The highest BCUT2D eigenvalue weighted by Crippen LogP contribution is 2.39. The lowest BCUT2D eigenvalue weighted by Gasteiger charge is -2.17. The lowest BCUT2D eigenvalue weighted by Crippen LogP contribution is -2.11. The van der Waals surface area contributed by atoms with Crippen LogP contribution in [0.15, 0.2) is 52.9 Å². The third-order valence-corrected chi connectivity index (χ3v) is 6.69. The lowest BCUT2D eigenvalue weighted by molar-refractivity contribution is 0.201. The third kappa shape index (κ3) is 4.82. The van der Waals surface area contributed by atoms with Crippen molar-refractivity contribution in [3.63, 3.8) is 0 Å². The number of ether oxygens (including phenoxy) is 4. The molecular formula is C28H32O5. The molecule has 0 spiro atoms. The molecule has 2 aromatic carbocycles. The van der Waals surface area contributed by atoms with Gasteiger partial charge in [-0.05, 0) is 99.9 Å². The Labute approximate surface area is 195 Å². The average molecular weight is 449 g/mol. The maximum atomic E-state index is 6.26. The number of hydrogen-bond donors (Lipinski definition) is 0. The van der Waals surface area contributed by atoms with Crippen molar-refractivity contribution in [1.29, 1.82) is 0 Å². The molecule has 0 atom stereocenters. The van der Waals surface area contributed by atoms with Crippen LogP contribution in [0.4, 0.5) is 0 Å². The molecule has 5 rings (SSSR count). The highest BCUT2D eigenvalue weighted by atomic mass is 16.5. The van der Waals surface area contributed by atoms with Gasteiger partial charge < -0.3 is 23.4 Å². The Morgan fingerprint density at radius 3 is 1.39 bits per heavy atom. The molecule has 1 heterocycles. The van der Waals surface area contributed by atoms with E-state index in [4.69, 9.17) is 23.4 Å². The molecule has 0 unspecified atom stereocenters. The largest absolute Gasteiger partial charge is 0.493 e. The maximum Gasteiger partial charge on any atom is 0.162 e. The van der Waals surface area contributed by atoms with Crippen molar-refractivity contribution in [2.75, 3.05) is 14.2 Å². The minimum atomic E-state index is 0.263. The zero-order chi connectivity index (χ0) is 22.6. The van der Waals surface area contributed by atoms with Crippen molar-refractivity contribution in [2.45, 2.75) is 63.6 Å². The summed E-state index contributed by atoms with van der Waals surface area (Å²) >= 11 is 0. The van der Waals surface area contributed by atoms with Crippen molar-refractivity contribution < 1.29 is 23.4 Å². The van der Waals surface area contributed by atoms with Crippen molar-refractivity contribution in [1.82, 2.24) is 0 Å². The van der Waals surface area contributed by atoms with E-state index in [2.05, 4.69) is 0 Å². The zero-order valence-electron chi connectivity index (χ0n) is 19.5. The van der Waals surface area contributed by atoms with Crippen LogP contribution in [-0.4, -0.2) is 26.4 Å². The molecule has 0 saturated heterocycles. The molecule has 3 aromatic rings. The fourth-order valence-electron chi connectivity index (χ4n) is 4.86. The highest BCUT2D eigenvalue weighted by molar-refractivity contribution is 5.69. The van der Waals surface area contributed by atoms with Gasteiger partial charge in [-0.15, -0.1) is 0 Å². The van der Waals surface area contributed by atoms with Crippen LogP contribution < -0.4 is 18.9 Å². The summed E-state index contributed by atoms with van der Waals surface area (Å²) < 4.78 is 29.8. The Morgan fingerprint density at radius 2 is 1.00 bits per heavy atom. The fraction of sp³-hybridized carbons (Fsp3) is 0.429. The van der Waals surface area contributed by atoms with Crippen LogP contribution in [0.25, 0.3) is 22.6 Å². The van der Waals surface area contributed by atoms with Gasteiger partial charge in [-0.3, -0.25) is 0 Å². The molecule has 2 aliphatic carbocycles. The Hall–Kier alpha value is -3.08. The van der Waals surface area contributed by atoms with Gasteiger partial charge in [-0.25, -0.2) is 0 Å². The molecule has 33 heavy (non-hydrogen) atoms. The topological polar surface area (TPSA) is 50.1 Å². The summed E-state index contributed by atoms with van der Waals surface area (Å²) in [5, 5.41) is 0. The van der Waals surface area contributed by atoms with Crippen LogP contribution >= 0.6 is 0 Å². The molecule has 174 valence electrons. The standard InChI is InChI=1S/C28H32O5/c1-29-25-13-11-19(17-27(25)31-21-7-3-4-8-21)23-15-16-24(33-23)20-12-14-26(30-2)28(18-20)32-22-9-5-6-10-22/h11-18,21-22H,3-10H2,1-2H3. The van der Waals surface area contributed by atoms with E-state index in [1.54, 1.807) is 14.2 Å². The molecule has 2 saturated carbocycles. The Balaban J connectivity index is 1.39. The Morgan fingerprint density at radius 1 is 0.576 bits per heavy atom. The van der Waals surface area contributed by atoms with E-state index in [0.717, 1.165) is 71.3 Å². The van der Waals surface area contributed by atoms with Gasteiger partial charge in [0.1, 0.15) is 11.5 Å². The molecule has 5 heteroatoms. The van der Waals surface area contributed by atoms with E-state index in [9.17, 15) is 0 Å². The van der Waals surface area contributed by atoms with Crippen LogP contribution in [0, 0.1) is 0 Å². The first kappa shape index (κ1) is 21.7. The van der Waals surface area contributed by atoms with Gasteiger partial charge in [0.05, 0.1) is 26.4 Å². The van der Waals surface area contributed by atoms with Crippen LogP contribution in [-0.2, 0) is 0 Å². The second-order valence-corrected chi connectivity index (χ2v) is 8.94. The summed E-state index contributed by atoms with van der Waals surface area (Å²) in [7, 11) is 3.35. The van der Waals surface area contributed by atoms with Crippen molar-refractivity contribution >= 4 is 0 Å². The second-order valence-electron chi connectivity index (χ2n) is 8.94. The Bertz CT molecular complexity index is 990. The van der Waals surface area contributed by atoms with Crippen molar-refractivity contribution in [2.24, 2.45) is 0 Å². The molecule has 0 N–H and O–H groups in total. The minimum absolute atomic E-state index is 0.263. The first-order chi connectivity index (χ1) is 16.2. The van der Waals surface area contributed by atoms with E-state index in [0.29, 0.717) is 0 Å². The van der Waals surface area contributed by atoms with Gasteiger partial charge in [0, 0.05) is 11.1 Å². The number of furan rings is 1. The summed E-state index contributed by atoms with van der Waals surface area (Å²) in [5.41, 5.74) is 1.93. The summed E-state index contributed by atoms with van der Waals surface area (Å²) in [6.07, 6.45) is 9.82. The third-order valence-electron chi connectivity index (χ3n) is 6.69. The van der Waals surface area contributed by atoms with Gasteiger partial charge >= 0.3 is 0 Å². The maximum absolute atomic E-state index is 6.26. The van der Waals surface area contributed by atoms with E-state index in [-0.39, 0.29) is 12.2 Å². The van der Waals surface area contributed by atoms with E-state index < -0.39 is 0 Å². The van der Waals surface area contributed by atoms with Crippen molar-refractivity contribution in [3.05, 3.63) is 48.5 Å². The predicted octanol–water partition coefficient (Wildman–Crippen LogP) is 7.27. The molecule has 0 aliphatic heterocycles. The predicted molar refractivity (Wildman–Crippen MR) is 128 cm³/mol. The number of rotatable bonds is 8. The monoisotopic (exact) mass is 448 g/mol. The molecule has 0 radical (unpaired) electrons. The van der Waals surface area contributed by atoms with Gasteiger partial charge in [-0.1, -0.05) is 0 Å². The summed E-state index contributed by atoms with van der Waals surface area (Å²) in [6, 6.07) is 15.9. The second kappa shape index (κ2) is 9.82. The summed E-state index contributed by atoms with van der Waals surface area (Å²) in [5.74, 6) is 4.63. The molecule has 2 fully saturated rings. The number of methoxy groups -OCH3 is 2. The molecule has 0 amide bonds. The molecular weight excluding hydrogens is 416 g/mol. The number of hydrogen-bond acceptors (Lipinski definition) is 5. The summed E-state index contributed by atoms with van der Waals surface area (Å²) in [6.45, 7) is 0. The van der Waals surface area contributed by atoms with Gasteiger partial charge in [0.2, 0.25) is 0 Å². The van der Waals surface area contributed by atoms with E-state index in [1.807, 2.05) is 48.5 Å².